The van der Waals surface area contributed by atoms with E-state index in [1.165, 1.54) is 11.3 Å². The van der Waals surface area contributed by atoms with Gasteiger partial charge in [0.25, 0.3) is 0 Å². The Hall–Kier alpha value is -2.45. The molecule has 0 saturated carbocycles. The second-order valence-corrected chi connectivity index (χ2v) is 5.10. The summed E-state index contributed by atoms with van der Waals surface area (Å²) < 4.78 is 0. The lowest BCUT2D eigenvalue weighted by molar-refractivity contribution is 1.34. The Kier molecular flexibility index (Phi) is 2.86. The molecule has 0 spiro atoms. The van der Waals surface area contributed by atoms with E-state index in [1.54, 1.807) is 18.3 Å². The molecule has 0 unspecified atom stereocenters. The molecule has 3 rings (SSSR count). The van der Waals surface area contributed by atoms with E-state index in [2.05, 4.69) is 21.4 Å². The third-order valence-corrected chi connectivity index (χ3v) is 3.62. The predicted octanol–water partition coefficient (Wildman–Crippen LogP) is 3.62. The molecule has 0 bridgehead atoms. The molecule has 0 saturated heterocycles. The minimum absolute atomic E-state index is 0.625. The Bertz CT molecular complexity index is 785. The second kappa shape index (κ2) is 4.67. The summed E-state index contributed by atoms with van der Waals surface area (Å²) in [5.74, 6) is 0. The van der Waals surface area contributed by atoms with Crippen molar-refractivity contribution >= 4 is 32.5 Å². The monoisotopic (exact) mass is 266 g/mol. The van der Waals surface area contributed by atoms with Gasteiger partial charge in [-0.25, -0.2) is 9.97 Å². The van der Waals surface area contributed by atoms with Crippen molar-refractivity contribution in [1.29, 1.82) is 5.26 Å². The Morgan fingerprint density at radius 3 is 3.00 bits per heavy atom. The SMILES string of the molecule is Cc1ccnc2sc(Nc3cccc(C#N)c3)nc12. The molecule has 1 N–H and O–H groups in total. The van der Waals surface area contributed by atoms with E-state index in [0.717, 1.165) is 26.7 Å². The van der Waals surface area contributed by atoms with Gasteiger partial charge in [-0.1, -0.05) is 17.4 Å². The number of fused-ring (bicyclic) bond motifs is 1. The summed E-state index contributed by atoms with van der Waals surface area (Å²) in [5.41, 5.74) is 3.52. The predicted molar refractivity (Wildman–Crippen MR) is 76.6 cm³/mol. The number of hydrogen-bond donors (Lipinski definition) is 1. The number of nitrogens with zero attached hydrogens (tertiary/aromatic N) is 3. The topological polar surface area (TPSA) is 61.6 Å². The molecule has 3 aromatic rings. The zero-order valence-electron chi connectivity index (χ0n) is 10.2. The number of pyridine rings is 1. The van der Waals surface area contributed by atoms with E-state index in [0.29, 0.717) is 5.56 Å². The fraction of sp³-hybridized carbons (Fsp3) is 0.0714. The Morgan fingerprint density at radius 1 is 1.32 bits per heavy atom. The normalized spacial score (nSPS) is 10.3. The molecule has 19 heavy (non-hydrogen) atoms. The number of nitrogens with one attached hydrogen (secondary N) is 1. The van der Waals surface area contributed by atoms with Crippen molar-refractivity contribution in [3.05, 3.63) is 47.7 Å². The highest BCUT2D eigenvalue weighted by atomic mass is 32.1. The third-order valence-electron chi connectivity index (χ3n) is 2.74. The van der Waals surface area contributed by atoms with Crippen LogP contribution in [0.4, 0.5) is 10.8 Å². The minimum Gasteiger partial charge on any atom is -0.331 e. The highest BCUT2D eigenvalue weighted by Crippen LogP contribution is 2.28. The largest absolute Gasteiger partial charge is 0.331 e. The third kappa shape index (κ3) is 2.26. The highest BCUT2D eigenvalue weighted by Gasteiger charge is 2.07. The van der Waals surface area contributed by atoms with Crippen LogP contribution >= 0.6 is 11.3 Å². The molecular formula is C14H10N4S. The first-order valence-electron chi connectivity index (χ1n) is 5.75. The maximum absolute atomic E-state index is 8.88. The van der Waals surface area contributed by atoms with Gasteiger partial charge in [-0.15, -0.1) is 0 Å². The van der Waals surface area contributed by atoms with Gasteiger partial charge in [-0.05, 0) is 36.8 Å². The van der Waals surface area contributed by atoms with Gasteiger partial charge in [0.2, 0.25) is 0 Å². The molecule has 1 aromatic carbocycles. The molecule has 0 atom stereocenters. The first-order chi connectivity index (χ1) is 9.26. The van der Waals surface area contributed by atoms with E-state index in [9.17, 15) is 0 Å². The lowest BCUT2D eigenvalue weighted by Gasteiger charge is -2.01. The number of hydrogen-bond acceptors (Lipinski definition) is 5. The van der Waals surface area contributed by atoms with E-state index >= 15 is 0 Å². The first kappa shape index (κ1) is 11.6. The van der Waals surface area contributed by atoms with Crippen LogP contribution in [0, 0.1) is 18.3 Å². The fourth-order valence-electron chi connectivity index (χ4n) is 1.80. The van der Waals surface area contributed by atoms with Crippen LogP contribution in [0.1, 0.15) is 11.1 Å². The van der Waals surface area contributed by atoms with Crippen LogP contribution in [-0.2, 0) is 0 Å². The van der Waals surface area contributed by atoms with Gasteiger partial charge in [-0.2, -0.15) is 5.26 Å². The number of rotatable bonds is 2. The molecule has 4 nitrogen and oxygen atoms in total. The van der Waals surface area contributed by atoms with E-state index < -0.39 is 0 Å². The van der Waals surface area contributed by atoms with Crippen molar-refractivity contribution in [3.63, 3.8) is 0 Å². The summed E-state index contributed by atoms with van der Waals surface area (Å²) in [5, 5.41) is 12.9. The lowest BCUT2D eigenvalue weighted by Crippen LogP contribution is -1.89. The Morgan fingerprint density at radius 2 is 2.21 bits per heavy atom. The van der Waals surface area contributed by atoms with Crippen molar-refractivity contribution < 1.29 is 0 Å². The van der Waals surface area contributed by atoms with Gasteiger partial charge >= 0.3 is 0 Å². The Balaban J connectivity index is 1.97. The minimum atomic E-state index is 0.625. The number of aromatic nitrogens is 2. The van der Waals surface area contributed by atoms with E-state index in [-0.39, 0.29) is 0 Å². The molecule has 0 aliphatic rings. The average Bonchev–Trinajstić information content (AvgIpc) is 2.83. The molecule has 92 valence electrons. The van der Waals surface area contributed by atoms with Gasteiger partial charge in [0, 0.05) is 11.9 Å². The van der Waals surface area contributed by atoms with E-state index in [4.69, 9.17) is 5.26 Å². The molecule has 0 radical (unpaired) electrons. The van der Waals surface area contributed by atoms with Gasteiger partial charge in [0.05, 0.1) is 11.6 Å². The van der Waals surface area contributed by atoms with E-state index in [1.807, 2.05) is 25.1 Å². The summed E-state index contributed by atoms with van der Waals surface area (Å²) in [7, 11) is 0. The molecular weight excluding hydrogens is 256 g/mol. The summed E-state index contributed by atoms with van der Waals surface area (Å²) in [6.07, 6.45) is 1.79. The summed E-state index contributed by atoms with van der Waals surface area (Å²) >= 11 is 1.50. The zero-order chi connectivity index (χ0) is 13.2. The van der Waals surface area contributed by atoms with Crippen LogP contribution in [0.15, 0.2) is 36.5 Å². The summed E-state index contributed by atoms with van der Waals surface area (Å²) in [6, 6.07) is 11.4. The summed E-state index contributed by atoms with van der Waals surface area (Å²) in [6.45, 7) is 2.02. The zero-order valence-corrected chi connectivity index (χ0v) is 11.0. The maximum Gasteiger partial charge on any atom is 0.189 e. The van der Waals surface area contributed by atoms with Crippen molar-refractivity contribution in [1.82, 2.24) is 9.97 Å². The van der Waals surface area contributed by atoms with Gasteiger partial charge in [0.15, 0.2) is 5.13 Å². The molecule has 2 aromatic heterocycles. The van der Waals surface area contributed by atoms with Crippen LogP contribution in [0.25, 0.3) is 10.3 Å². The van der Waals surface area contributed by atoms with Crippen LogP contribution in [0.2, 0.25) is 0 Å². The molecule has 0 aliphatic carbocycles. The highest BCUT2D eigenvalue weighted by molar-refractivity contribution is 7.21. The fourth-order valence-corrected chi connectivity index (χ4v) is 2.70. The van der Waals surface area contributed by atoms with Crippen LogP contribution in [-0.4, -0.2) is 9.97 Å². The van der Waals surface area contributed by atoms with Crippen molar-refractivity contribution in [2.45, 2.75) is 6.92 Å². The van der Waals surface area contributed by atoms with Crippen molar-refractivity contribution in [3.8, 4) is 6.07 Å². The lowest BCUT2D eigenvalue weighted by atomic mass is 10.2. The smallest absolute Gasteiger partial charge is 0.189 e. The molecule has 5 heteroatoms. The number of nitriles is 1. The van der Waals surface area contributed by atoms with Crippen LogP contribution < -0.4 is 5.32 Å². The van der Waals surface area contributed by atoms with Gasteiger partial charge < -0.3 is 5.32 Å². The van der Waals surface area contributed by atoms with Gasteiger partial charge in [0.1, 0.15) is 10.3 Å². The number of anilines is 2. The molecule has 0 fully saturated rings. The maximum atomic E-state index is 8.88. The Labute approximate surface area is 114 Å². The summed E-state index contributed by atoms with van der Waals surface area (Å²) in [4.78, 5) is 9.74. The average molecular weight is 266 g/mol. The standard InChI is InChI=1S/C14H10N4S/c1-9-5-6-16-13-12(9)18-14(19-13)17-11-4-2-3-10(7-11)8-15/h2-7H,1H3,(H,17,18). The number of aryl methyl sites for hydroxylation is 1. The van der Waals surface area contributed by atoms with Crippen LogP contribution in [0.5, 0.6) is 0 Å². The number of thiazole rings is 1. The molecule has 2 heterocycles. The van der Waals surface area contributed by atoms with Crippen molar-refractivity contribution in [2.24, 2.45) is 0 Å². The van der Waals surface area contributed by atoms with Gasteiger partial charge in [-0.3, -0.25) is 0 Å². The second-order valence-electron chi connectivity index (χ2n) is 4.12. The molecule has 0 aliphatic heterocycles. The number of benzene rings is 1. The van der Waals surface area contributed by atoms with Crippen LogP contribution in [0.3, 0.4) is 0 Å². The first-order valence-corrected chi connectivity index (χ1v) is 6.57. The van der Waals surface area contributed by atoms with Crippen molar-refractivity contribution in [2.75, 3.05) is 5.32 Å². The molecule has 0 amide bonds. The quantitative estimate of drug-likeness (QED) is 0.769.